The van der Waals surface area contributed by atoms with E-state index in [1.165, 1.54) is 25.3 Å². The second kappa shape index (κ2) is 6.74. The van der Waals surface area contributed by atoms with Gasteiger partial charge in [0.1, 0.15) is 11.6 Å². The number of phenolic OH excluding ortho intramolecular Hbond substituents is 1. The van der Waals surface area contributed by atoms with Gasteiger partial charge in [-0.25, -0.2) is 4.39 Å². The van der Waals surface area contributed by atoms with E-state index in [2.05, 4.69) is 10.2 Å². The number of nitrogens with zero attached hydrogens (tertiary/aromatic N) is 1. The quantitative estimate of drug-likeness (QED) is 0.901. The van der Waals surface area contributed by atoms with E-state index in [9.17, 15) is 9.50 Å². The van der Waals surface area contributed by atoms with Crippen molar-refractivity contribution in [3.05, 3.63) is 29.6 Å². The summed E-state index contributed by atoms with van der Waals surface area (Å²) in [4.78, 5) is 2.40. The maximum atomic E-state index is 14.2. The van der Waals surface area contributed by atoms with Crippen LogP contribution in [0.5, 0.6) is 5.75 Å². The minimum atomic E-state index is -0.268. The average molecular weight is 301 g/mol. The first-order valence-corrected chi connectivity index (χ1v) is 7.19. The summed E-state index contributed by atoms with van der Waals surface area (Å²) in [6, 6.07) is 4.78. The summed E-state index contributed by atoms with van der Waals surface area (Å²) >= 11 is 0. The lowest BCUT2D eigenvalue weighted by molar-refractivity contribution is 0.0811. The van der Waals surface area contributed by atoms with E-state index < -0.39 is 0 Å². The van der Waals surface area contributed by atoms with E-state index in [1.807, 2.05) is 0 Å². The molecule has 0 bridgehead atoms. The van der Waals surface area contributed by atoms with Gasteiger partial charge >= 0.3 is 0 Å². The molecule has 2 fully saturated rings. The fraction of sp³-hybridized carbons (Fsp3) is 0.600. The van der Waals surface area contributed by atoms with Crippen LogP contribution in [-0.4, -0.2) is 36.2 Å². The molecule has 1 saturated carbocycles. The number of phenols is 1. The van der Waals surface area contributed by atoms with Crippen LogP contribution in [0.3, 0.4) is 0 Å². The van der Waals surface area contributed by atoms with Crippen molar-refractivity contribution in [2.45, 2.75) is 25.3 Å². The number of hydrogen-bond donors (Lipinski definition) is 2. The highest BCUT2D eigenvalue weighted by Gasteiger charge is 2.34. The summed E-state index contributed by atoms with van der Waals surface area (Å²) in [6.45, 7) is 3.90. The Morgan fingerprint density at radius 2 is 1.95 bits per heavy atom. The summed E-state index contributed by atoms with van der Waals surface area (Å²) in [6.07, 6.45) is 3.64. The first-order chi connectivity index (χ1) is 9.25. The van der Waals surface area contributed by atoms with Crippen LogP contribution in [-0.2, 0) is 0 Å². The Kier molecular flexibility index (Phi) is 5.24. The van der Waals surface area contributed by atoms with Crippen molar-refractivity contribution < 1.29 is 9.50 Å². The topological polar surface area (TPSA) is 35.5 Å². The lowest BCUT2D eigenvalue weighted by Gasteiger charge is -2.43. The molecule has 1 heterocycles. The Balaban J connectivity index is 0.00000147. The third-order valence-electron chi connectivity index (χ3n) is 4.44. The molecular formula is C15H22ClFN2O. The molecule has 112 valence electrons. The van der Waals surface area contributed by atoms with Gasteiger partial charge in [0.15, 0.2) is 0 Å². The van der Waals surface area contributed by atoms with Gasteiger partial charge in [-0.2, -0.15) is 0 Å². The number of rotatable bonds is 3. The van der Waals surface area contributed by atoms with E-state index in [1.54, 1.807) is 12.1 Å². The van der Waals surface area contributed by atoms with Crippen molar-refractivity contribution in [3.63, 3.8) is 0 Å². The maximum Gasteiger partial charge on any atom is 0.131 e. The molecule has 1 aromatic rings. The van der Waals surface area contributed by atoms with E-state index in [4.69, 9.17) is 0 Å². The van der Waals surface area contributed by atoms with Gasteiger partial charge in [0.25, 0.3) is 0 Å². The van der Waals surface area contributed by atoms with Crippen molar-refractivity contribution in [3.8, 4) is 5.75 Å². The molecule has 1 aliphatic heterocycles. The van der Waals surface area contributed by atoms with Crippen LogP contribution in [0.4, 0.5) is 4.39 Å². The molecule has 20 heavy (non-hydrogen) atoms. The van der Waals surface area contributed by atoms with E-state index >= 15 is 0 Å². The van der Waals surface area contributed by atoms with Gasteiger partial charge in [0.05, 0.1) is 0 Å². The molecule has 3 rings (SSSR count). The second-order valence-electron chi connectivity index (χ2n) is 5.63. The van der Waals surface area contributed by atoms with E-state index in [0.717, 1.165) is 31.7 Å². The number of halogens is 2. The monoisotopic (exact) mass is 300 g/mol. The van der Waals surface area contributed by atoms with Crippen LogP contribution in [0.15, 0.2) is 18.2 Å². The average Bonchev–Trinajstić information content (AvgIpc) is 2.35. The lowest BCUT2D eigenvalue weighted by Crippen LogP contribution is -2.48. The van der Waals surface area contributed by atoms with E-state index in [0.29, 0.717) is 5.92 Å². The van der Waals surface area contributed by atoms with Gasteiger partial charge in [0, 0.05) is 43.9 Å². The molecule has 1 aliphatic carbocycles. The fourth-order valence-electron chi connectivity index (χ4n) is 3.22. The molecule has 3 nitrogen and oxygen atoms in total. The molecular weight excluding hydrogens is 279 g/mol. The molecule has 1 atom stereocenters. The summed E-state index contributed by atoms with van der Waals surface area (Å²) in [5, 5.41) is 12.7. The number of nitrogens with one attached hydrogen (secondary N) is 1. The molecule has 0 unspecified atom stereocenters. The van der Waals surface area contributed by atoms with Crippen molar-refractivity contribution in [1.82, 2.24) is 10.2 Å². The molecule has 0 spiro atoms. The van der Waals surface area contributed by atoms with Crippen molar-refractivity contribution in [1.29, 1.82) is 0 Å². The van der Waals surface area contributed by atoms with Crippen LogP contribution in [0.25, 0.3) is 0 Å². The number of benzene rings is 1. The highest BCUT2D eigenvalue weighted by molar-refractivity contribution is 5.85. The summed E-state index contributed by atoms with van der Waals surface area (Å²) in [7, 11) is 0. The van der Waals surface area contributed by atoms with Gasteiger partial charge in [-0.3, -0.25) is 4.90 Å². The van der Waals surface area contributed by atoms with Crippen LogP contribution in [0.1, 0.15) is 30.9 Å². The molecule has 1 saturated heterocycles. The standard InChI is InChI=1S/C15H21FN2O.ClH/c16-14-10-12(19)4-5-13(14)15(11-2-1-3-11)18-8-6-17-7-9-18;/h4-5,10-11,15,17,19H,1-3,6-9H2;1H/t15-;/m1./s1. The molecule has 2 aliphatic rings. The Bertz CT molecular complexity index is 447. The van der Waals surface area contributed by atoms with Gasteiger partial charge < -0.3 is 10.4 Å². The smallest absolute Gasteiger partial charge is 0.131 e. The SMILES string of the molecule is Cl.Oc1ccc([C@@H](C2CCC2)N2CCNCC2)c(F)c1. The van der Waals surface area contributed by atoms with Gasteiger partial charge in [-0.15, -0.1) is 12.4 Å². The third-order valence-corrected chi connectivity index (χ3v) is 4.44. The minimum absolute atomic E-state index is 0. The minimum Gasteiger partial charge on any atom is -0.508 e. The van der Waals surface area contributed by atoms with Crippen LogP contribution >= 0.6 is 12.4 Å². The number of piperazine rings is 1. The normalized spacial score (nSPS) is 21.9. The second-order valence-corrected chi connectivity index (χ2v) is 5.63. The van der Waals surface area contributed by atoms with Crippen LogP contribution < -0.4 is 5.32 Å². The van der Waals surface area contributed by atoms with Crippen molar-refractivity contribution in [2.75, 3.05) is 26.2 Å². The highest BCUT2D eigenvalue weighted by Crippen LogP contribution is 2.42. The first-order valence-electron chi connectivity index (χ1n) is 7.19. The Morgan fingerprint density at radius 1 is 1.25 bits per heavy atom. The Hall–Kier alpha value is -0.840. The van der Waals surface area contributed by atoms with Crippen molar-refractivity contribution in [2.24, 2.45) is 5.92 Å². The van der Waals surface area contributed by atoms with Crippen LogP contribution in [0.2, 0.25) is 0 Å². The molecule has 0 aromatic heterocycles. The molecule has 0 radical (unpaired) electrons. The Morgan fingerprint density at radius 3 is 2.50 bits per heavy atom. The molecule has 0 amide bonds. The zero-order chi connectivity index (χ0) is 13.2. The predicted octanol–water partition coefficient (Wildman–Crippen LogP) is 2.70. The zero-order valence-corrected chi connectivity index (χ0v) is 12.3. The predicted molar refractivity (Wildman–Crippen MR) is 79.8 cm³/mol. The molecule has 5 heteroatoms. The zero-order valence-electron chi connectivity index (χ0n) is 11.5. The Labute approximate surface area is 125 Å². The highest BCUT2D eigenvalue weighted by atomic mass is 35.5. The lowest BCUT2D eigenvalue weighted by atomic mass is 9.76. The van der Waals surface area contributed by atoms with Gasteiger partial charge in [-0.05, 0) is 24.8 Å². The van der Waals surface area contributed by atoms with Gasteiger partial charge in [-0.1, -0.05) is 12.5 Å². The third kappa shape index (κ3) is 3.08. The largest absolute Gasteiger partial charge is 0.508 e. The molecule has 1 aromatic carbocycles. The fourth-order valence-corrected chi connectivity index (χ4v) is 3.22. The van der Waals surface area contributed by atoms with Crippen molar-refractivity contribution >= 4 is 12.4 Å². The molecule has 2 N–H and O–H groups in total. The van der Waals surface area contributed by atoms with Crippen LogP contribution in [0, 0.1) is 11.7 Å². The van der Waals surface area contributed by atoms with Gasteiger partial charge in [0.2, 0.25) is 0 Å². The number of hydrogen-bond acceptors (Lipinski definition) is 3. The summed E-state index contributed by atoms with van der Waals surface area (Å²) in [5.41, 5.74) is 0.754. The summed E-state index contributed by atoms with van der Waals surface area (Å²) in [5.74, 6) is 0.307. The maximum absolute atomic E-state index is 14.2. The number of aromatic hydroxyl groups is 1. The summed E-state index contributed by atoms with van der Waals surface area (Å²) < 4.78 is 14.2. The van der Waals surface area contributed by atoms with E-state index in [-0.39, 0.29) is 30.0 Å². The first kappa shape index (κ1) is 15.5.